The van der Waals surface area contributed by atoms with Crippen LogP contribution in [0.15, 0.2) is 54.2 Å². The quantitative estimate of drug-likeness (QED) is 0.638. The van der Waals surface area contributed by atoms with Crippen LogP contribution in [0.3, 0.4) is 0 Å². The van der Waals surface area contributed by atoms with E-state index in [1.165, 1.54) is 11.6 Å². The molecule has 1 aliphatic heterocycles. The van der Waals surface area contributed by atoms with Crippen molar-refractivity contribution >= 4 is 12.0 Å². The Bertz CT molecular complexity index is 741. The van der Waals surface area contributed by atoms with E-state index in [1.807, 2.05) is 12.2 Å². The van der Waals surface area contributed by atoms with Crippen LogP contribution >= 0.6 is 0 Å². The molecule has 24 heavy (non-hydrogen) atoms. The molecular formula is C21H24O3. The lowest BCUT2D eigenvalue weighted by atomic mass is 9.84. The summed E-state index contributed by atoms with van der Waals surface area (Å²) in [5, 5.41) is 8.50. The minimum Gasteiger partial charge on any atom is -0.488 e. The first-order valence-electron chi connectivity index (χ1n) is 8.00. The molecule has 0 radical (unpaired) electrons. The van der Waals surface area contributed by atoms with Crippen molar-refractivity contribution in [3.8, 4) is 5.75 Å². The largest absolute Gasteiger partial charge is 0.488 e. The number of carboxylic acids is 1. The van der Waals surface area contributed by atoms with Gasteiger partial charge in [0.25, 0.3) is 0 Å². The maximum absolute atomic E-state index is 10.4. The van der Waals surface area contributed by atoms with Gasteiger partial charge in [0.2, 0.25) is 0 Å². The number of aryl methyl sites for hydroxylation is 1. The lowest BCUT2D eigenvalue weighted by Crippen LogP contribution is -2.14. The zero-order valence-electron chi connectivity index (χ0n) is 14.7. The molecule has 0 bridgehead atoms. The van der Waals surface area contributed by atoms with E-state index in [0.717, 1.165) is 28.5 Å². The van der Waals surface area contributed by atoms with Gasteiger partial charge in [0, 0.05) is 11.6 Å². The van der Waals surface area contributed by atoms with E-state index in [0.29, 0.717) is 6.61 Å². The smallest absolute Gasteiger partial charge is 0.328 e. The molecule has 1 heterocycles. The first kappa shape index (κ1) is 17.8. The van der Waals surface area contributed by atoms with Gasteiger partial charge < -0.3 is 9.84 Å². The third kappa shape index (κ3) is 4.72. The topological polar surface area (TPSA) is 46.5 Å². The third-order valence-corrected chi connectivity index (χ3v) is 3.78. The number of benzene rings is 1. The third-order valence-electron chi connectivity index (χ3n) is 3.78. The first-order valence-corrected chi connectivity index (χ1v) is 8.00. The summed E-state index contributed by atoms with van der Waals surface area (Å²) in [7, 11) is 0. The Morgan fingerprint density at radius 2 is 1.88 bits per heavy atom. The summed E-state index contributed by atoms with van der Waals surface area (Å²) >= 11 is 0. The van der Waals surface area contributed by atoms with Gasteiger partial charge in [-0.2, -0.15) is 0 Å². The predicted molar refractivity (Wildman–Crippen MR) is 98.4 cm³/mol. The van der Waals surface area contributed by atoms with Crippen LogP contribution in [0.2, 0.25) is 0 Å². The molecule has 0 aromatic heterocycles. The van der Waals surface area contributed by atoms with Crippen LogP contribution in [-0.4, -0.2) is 17.7 Å². The highest BCUT2D eigenvalue weighted by molar-refractivity contribution is 5.80. The van der Waals surface area contributed by atoms with Gasteiger partial charge in [-0.25, -0.2) is 4.79 Å². The van der Waals surface area contributed by atoms with Crippen molar-refractivity contribution in [1.82, 2.24) is 0 Å². The number of hydrogen-bond donors (Lipinski definition) is 1. The minimum atomic E-state index is -0.950. The molecule has 1 aromatic carbocycles. The van der Waals surface area contributed by atoms with Crippen molar-refractivity contribution in [1.29, 1.82) is 0 Å². The van der Waals surface area contributed by atoms with Gasteiger partial charge in [-0.15, -0.1) is 0 Å². The average Bonchev–Trinajstić information content (AvgIpc) is 2.49. The molecule has 1 aromatic rings. The van der Waals surface area contributed by atoms with E-state index in [9.17, 15) is 4.79 Å². The van der Waals surface area contributed by atoms with Crippen LogP contribution in [0.4, 0.5) is 0 Å². The first-order chi connectivity index (χ1) is 11.3. The van der Waals surface area contributed by atoms with Crippen molar-refractivity contribution in [2.45, 2.75) is 33.1 Å². The summed E-state index contributed by atoms with van der Waals surface area (Å²) in [4.78, 5) is 10.4. The van der Waals surface area contributed by atoms with Crippen molar-refractivity contribution in [3.63, 3.8) is 0 Å². The number of ether oxygens (including phenoxy) is 1. The standard InChI is InChI=1S/C21H24O3/c1-15-11-18(21(2,3)4)13-17-12-16(14-24-20(15)17)9-7-5-6-8-10-19(22)23/h5-13H,14H2,1-4H3,(H,22,23). The summed E-state index contributed by atoms with van der Waals surface area (Å²) in [6.07, 6.45) is 12.1. The maximum Gasteiger partial charge on any atom is 0.328 e. The van der Waals surface area contributed by atoms with Gasteiger partial charge >= 0.3 is 5.97 Å². The second-order valence-corrected chi connectivity index (χ2v) is 6.91. The van der Waals surface area contributed by atoms with Gasteiger partial charge in [-0.3, -0.25) is 0 Å². The Hall–Kier alpha value is -2.55. The Morgan fingerprint density at radius 1 is 1.17 bits per heavy atom. The molecule has 0 amide bonds. The van der Waals surface area contributed by atoms with Crippen LogP contribution in [0.1, 0.15) is 37.5 Å². The van der Waals surface area contributed by atoms with Gasteiger partial charge in [0.1, 0.15) is 12.4 Å². The van der Waals surface area contributed by atoms with E-state index < -0.39 is 5.97 Å². The highest BCUT2D eigenvalue weighted by Crippen LogP contribution is 2.35. The fourth-order valence-electron chi connectivity index (χ4n) is 2.48. The molecule has 1 N–H and O–H groups in total. The number of rotatable bonds is 4. The molecule has 126 valence electrons. The predicted octanol–water partition coefficient (Wildman–Crippen LogP) is 4.82. The highest BCUT2D eigenvalue weighted by atomic mass is 16.5. The van der Waals surface area contributed by atoms with Gasteiger partial charge in [-0.05, 0) is 41.2 Å². The number of allylic oxidation sites excluding steroid dienone is 4. The van der Waals surface area contributed by atoms with Crippen molar-refractivity contribution in [3.05, 3.63) is 70.9 Å². The minimum absolute atomic E-state index is 0.0975. The van der Waals surface area contributed by atoms with E-state index >= 15 is 0 Å². The number of carbonyl (C=O) groups is 1. The number of aliphatic carboxylic acids is 1. The second-order valence-electron chi connectivity index (χ2n) is 6.91. The summed E-state index contributed by atoms with van der Waals surface area (Å²) in [6, 6.07) is 4.39. The van der Waals surface area contributed by atoms with E-state index in [4.69, 9.17) is 9.84 Å². The number of hydrogen-bond acceptors (Lipinski definition) is 2. The zero-order chi connectivity index (χ0) is 17.7. The van der Waals surface area contributed by atoms with Crippen molar-refractivity contribution < 1.29 is 14.6 Å². The normalized spacial score (nSPS) is 14.9. The Balaban J connectivity index is 2.20. The lowest BCUT2D eigenvalue weighted by Gasteiger charge is -2.24. The molecule has 3 nitrogen and oxygen atoms in total. The molecular weight excluding hydrogens is 300 g/mol. The molecule has 0 saturated heterocycles. The molecule has 1 aliphatic rings. The average molecular weight is 324 g/mol. The summed E-state index contributed by atoms with van der Waals surface area (Å²) < 4.78 is 5.91. The zero-order valence-corrected chi connectivity index (χ0v) is 14.7. The Morgan fingerprint density at radius 3 is 2.54 bits per heavy atom. The van der Waals surface area contributed by atoms with E-state index in [1.54, 1.807) is 12.2 Å². The van der Waals surface area contributed by atoms with Crippen molar-refractivity contribution in [2.75, 3.05) is 6.61 Å². The van der Waals surface area contributed by atoms with Crippen LogP contribution in [0, 0.1) is 6.92 Å². The molecule has 3 heteroatoms. The number of carboxylic acid groups (broad SMARTS) is 1. The fourth-order valence-corrected chi connectivity index (χ4v) is 2.48. The number of fused-ring (bicyclic) bond motifs is 1. The molecule has 0 aliphatic carbocycles. The lowest BCUT2D eigenvalue weighted by molar-refractivity contribution is -0.131. The SMILES string of the molecule is Cc1cc(C(C)(C)C)cc2c1OCC(C=CC=CC=CC(=O)O)=C2. The van der Waals surface area contributed by atoms with Gasteiger partial charge in [0.05, 0.1) is 0 Å². The van der Waals surface area contributed by atoms with Crippen LogP contribution in [0.5, 0.6) is 5.75 Å². The second kappa shape index (κ2) is 7.35. The molecule has 0 unspecified atom stereocenters. The fraction of sp³-hybridized carbons (Fsp3) is 0.286. The molecule has 0 saturated carbocycles. The van der Waals surface area contributed by atoms with Crippen LogP contribution in [-0.2, 0) is 10.2 Å². The monoisotopic (exact) mass is 324 g/mol. The summed E-state index contributed by atoms with van der Waals surface area (Å²) in [5.41, 5.74) is 4.75. The molecule has 0 spiro atoms. The summed E-state index contributed by atoms with van der Waals surface area (Å²) in [5.74, 6) is 0.00808. The maximum atomic E-state index is 10.4. The summed E-state index contributed by atoms with van der Waals surface area (Å²) in [6.45, 7) is 9.24. The van der Waals surface area contributed by atoms with E-state index in [-0.39, 0.29) is 5.41 Å². The van der Waals surface area contributed by atoms with Gasteiger partial charge in [0.15, 0.2) is 0 Å². The van der Waals surface area contributed by atoms with Crippen LogP contribution < -0.4 is 4.74 Å². The molecule has 2 rings (SSSR count). The van der Waals surface area contributed by atoms with Crippen LogP contribution in [0.25, 0.3) is 6.08 Å². The van der Waals surface area contributed by atoms with Crippen molar-refractivity contribution in [2.24, 2.45) is 0 Å². The van der Waals surface area contributed by atoms with Gasteiger partial charge in [-0.1, -0.05) is 57.2 Å². The molecule has 0 atom stereocenters. The molecule has 0 fully saturated rings. The Kier molecular flexibility index (Phi) is 5.45. The Labute approximate surface area is 143 Å². The van der Waals surface area contributed by atoms with E-state index in [2.05, 4.69) is 45.9 Å². The highest BCUT2D eigenvalue weighted by Gasteiger charge is 2.19.